The lowest BCUT2D eigenvalue weighted by atomic mass is 9.94. The molecule has 2 saturated heterocycles. The highest BCUT2D eigenvalue weighted by atomic mass is 35.5. The minimum Gasteiger partial charge on any atom is -0.312 e. The van der Waals surface area contributed by atoms with Gasteiger partial charge in [-0.05, 0) is 56.5 Å². The molecule has 0 radical (unpaired) electrons. The van der Waals surface area contributed by atoms with Crippen molar-refractivity contribution in [2.45, 2.75) is 50.7 Å². The summed E-state index contributed by atoms with van der Waals surface area (Å²) < 4.78 is 0. The van der Waals surface area contributed by atoms with Crippen LogP contribution in [0.3, 0.4) is 0 Å². The van der Waals surface area contributed by atoms with E-state index in [1.54, 1.807) is 0 Å². The number of hydrogen-bond donors (Lipinski definition) is 1. The Kier molecular flexibility index (Phi) is 4.87. The number of hydrogen-bond acceptors (Lipinski definition) is 2. The molecule has 1 N–H and O–H groups in total. The van der Waals surface area contributed by atoms with E-state index in [1.165, 1.54) is 50.8 Å². The lowest BCUT2D eigenvalue weighted by Crippen LogP contribution is -2.49. The summed E-state index contributed by atoms with van der Waals surface area (Å²) in [6.07, 6.45) is 6.63. The highest BCUT2D eigenvalue weighted by Gasteiger charge is 2.31. The highest BCUT2D eigenvalue weighted by molar-refractivity contribution is 6.42. The molecule has 110 valence electrons. The van der Waals surface area contributed by atoms with E-state index in [1.807, 2.05) is 12.1 Å². The molecular formula is C16H22Cl2N2. The summed E-state index contributed by atoms with van der Waals surface area (Å²) in [4.78, 5) is 2.63. The lowest BCUT2D eigenvalue weighted by molar-refractivity contribution is 0.112. The van der Waals surface area contributed by atoms with E-state index < -0.39 is 0 Å². The topological polar surface area (TPSA) is 15.3 Å². The molecule has 0 aliphatic carbocycles. The van der Waals surface area contributed by atoms with E-state index in [0.29, 0.717) is 22.1 Å². The largest absolute Gasteiger partial charge is 0.312 e. The van der Waals surface area contributed by atoms with Crippen LogP contribution in [0.25, 0.3) is 0 Å². The molecule has 2 atom stereocenters. The molecule has 20 heavy (non-hydrogen) atoms. The first-order valence-electron chi connectivity index (χ1n) is 7.65. The summed E-state index contributed by atoms with van der Waals surface area (Å²) in [5.74, 6) is 0. The molecule has 0 saturated carbocycles. The molecule has 2 aliphatic rings. The van der Waals surface area contributed by atoms with Crippen molar-refractivity contribution >= 4 is 23.2 Å². The fraction of sp³-hybridized carbons (Fsp3) is 0.625. The Morgan fingerprint density at radius 1 is 1.10 bits per heavy atom. The smallest absolute Gasteiger partial charge is 0.0595 e. The summed E-state index contributed by atoms with van der Waals surface area (Å²) >= 11 is 12.1. The summed E-state index contributed by atoms with van der Waals surface area (Å²) in [7, 11) is 0. The van der Waals surface area contributed by atoms with Crippen molar-refractivity contribution < 1.29 is 0 Å². The van der Waals surface area contributed by atoms with Crippen molar-refractivity contribution in [3.05, 3.63) is 33.8 Å². The van der Waals surface area contributed by atoms with Gasteiger partial charge in [0.15, 0.2) is 0 Å². The van der Waals surface area contributed by atoms with Gasteiger partial charge in [0, 0.05) is 18.6 Å². The molecule has 2 unspecified atom stereocenters. The van der Waals surface area contributed by atoms with Gasteiger partial charge in [0.2, 0.25) is 0 Å². The number of nitrogens with zero attached hydrogens (tertiary/aromatic N) is 1. The van der Waals surface area contributed by atoms with Gasteiger partial charge in [-0.2, -0.15) is 0 Å². The van der Waals surface area contributed by atoms with Gasteiger partial charge in [0.05, 0.1) is 10.0 Å². The fourth-order valence-corrected chi connectivity index (χ4v) is 3.90. The number of benzene rings is 1. The van der Waals surface area contributed by atoms with Gasteiger partial charge in [0.1, 0.15) is 0 Å². The highest BCUT2D eigenvalue weighted by Crippen LogP contribution is 2.28. The van der Waals surface area contributed by atoms with Gasteiger partial charge in [-0.15, -0.1) is 0 Å². The standard InChI is InChI=1S/C16H22Cl2N2/c17-13-7-6-12(10-14(13)18)11-20-9-2-1-5-16(20)15-4-3-8-19-15/h6-7,10,15-16,19H,1-5,8-9,11H2. The van der Waals surface area contributed by atoms with E-state index in [9.17, 15) is 0 Å². The molecule has 2 aliphatic heterocycles. The molecular weight excluding hydrogens is 291 g/mol. The predicted octanol–water partition coefficient (Wildman–Crippen LogP) is 4.10. The van der Waals surface area contributed by atoms with Crippen LogP contribution in [-0.2, 0) is 6.54 Å². The number of piperidine rings is 1. The van der Waals surface area contributed by atoms with Crippen LogP contribution in [-0.4, -0.2) is 30.1 Å². The first-order valence-corrected chi connectivity index (χ1v) is 8.41. The Morgan fingerprint density at radius 2 is 2.00 bits per heavy atom. The molecule has 1 aromatic carbocycles. The van der Waals surface area contributed by atoms with Crippen LogP contribution < -0.4 is 5.32 Å². The average Bonchev–Trinajstić information content (AvgIpc) is 2.97. The maximum absolute atomic E-state index is 6.13. The monoisotopic (exact) mass is 312 g/mol. The normalized spacial score (nSPS) is 27.9. The van der Waals surface area contributed by atoms with Crippen molar-refractivity contribution in [1.29, 1.82) is 0 Å². The van der Waals surface area contributed by atoms with Gasteiger partial charge in [0.25, 0.3) is 0 Å². The molecule has 2 heterocycles. The molecule has 1 aromatic rings. The zero-order valence-corrected chi connectivity index (χ0v) is 13.3. The molecule has 3 rings (SSSR count). The molecule has 2 nitrogen and oxygen atoms in total. The van der Waals surface area contributed by atoms with Crippen molar-refractivity contribution in [3.63, 3.8) is 0 Å². The Hall–Kier alpha value is -0.280. The number of halogens is 2. The minimum absolute atomic E-state index is 0.642. The molecule has 0 amide bonds. The van der Waals surface area contributed by atoms with E-state index >= 15 is 0 Å². The number of nitrogens with one attached hydrogen (secondary N) is 1. The van der Waals surface area contributed by atoms with E-state index in [4.69, 9.17) is 23.2 Å². The van der Waals surface area contributed by atoms with Crippen molar-refractivity contribution in [2.75, 3.05) is 13.1 Å². The van der Waals surface area contributed by atoms with E-state index in [2.05, 4.69) is 16.3 Å². The molecule has 0 spiro atoms. The van der Waals surface area contributed by atoms with Gasteiger partial charge >= 0.3 is 0 Å². The maximum Gasteiger partial charge on any atom is 0.0595 e. The molecule has 0 aromatic heterocycles. The Labute approximate surface area is 131 Å². The summed E-state index contributed by atoms with van der Waals surface area (Å²) in [6, 6.07) is 7.38. The van der Waals surface area contributed by atoms with Crippen LogP contribution in [0.15, 0.2) is 18.2 Å². The molecule has 2 fully saturated rings. The second-order valence-corrected chi connectivity index (χ2v) is 6.80. The van der Waals surface area contributed by atoms with Gasteiger partial charge < -0.3 is 5.32 Å². The molecule has 4 heteroatoms. The summed E-state index contributed by atoms with van der Waals surface area (Å²) in [5.41, 5.74) is 1.27. The van der Waals surface area contributed by atoms with Crippen LogP contribution in [0.4, 0.5) is 0 Å². The third-order valence-corrected chi connectivity index (χ3v) is 5.34. The van der Waals surface area contributed by atoms with Crippen LogP contribution in [0.1, 0.15) is 37.7 Å². The Bertz CT molecular complexity index is 458. The third kappa shape index (κ3) is 3.30. The first-order chi connectivity index (χ1) is 9.74. The summed E-state index contributed by atoms with van der Waals surface area (Å²) in [6.45, 7) is 3.37. The van der Waals surface area contributed by atoms with Gasteiger partial charge in [-0.1, -0.05) is 35.7 Å². The second kappa shape index (κ2) is 6.65. The van der Waals surface area contributed by atoms with Gasteiger partial charge in [-0.25, -0.2) is 0 Å². The van der Waals surface area contributed by atoms with Crippen molar-refractivity contribution in [1.82, 2.24) is 10.2 Å². The van der Waals surface area contributed by atoms with Crippen LogP contribution in [0, 0.1) is 0 Å². The zero-order chi connectivity index (χ0) is 13.9. The third-order valence-electron chi connectivity index (χ3n) is 4.60. The van der Waals surface area contributed by atoms with Crippen LogP contribution in [0.2, 0.25) is 10.0 Å². The minimum atomic E-state index is 0.642. The van der Waals surface area contributed by atoms with Crippen molar-refractivity contribution in [2.24, 2.45) is 0 Å². The van der Waals surface area contributed by atoms with Gasteiger partial charge in [-0.3, -0.25) is 4.90 Å². The first kappa shape index (κ1) is 14.6. The predicted molar refractivity (Wildman–Crippen MR) is 85.5 cm³/mol. The van der Waals surface area contributed by atoms with Crippen molar-refractivity contribution in [3.8, 4) is 0 Å². The maximum atomic E-state index is 6.13. The van der Waals surface area contributed by atoms with Crippen LogP contribution in [0.5, 0.6) is 0 Å². The Balaban J connectivity index is 1.71. The fourth-order valence-electron chi connectivity index (χ4n) is 3.58. The SMILES string of the molecule is Clc1ccc(CN2CCCCC2C2CCCN2)cc1Cl. The van der Waals surface area contributed by atoms with E-state index in [0.717, 1.165) is 6.54 Å². The second-order valence-electron chi connectivity index (χ2n) is 5.98. The molecule has 0 bridgehead atoms. The van der Waals surface area contributed by atoms with Crippen LogP contribution >= 0.6 is 23.2 Å². The Morgan fingerprint density at radius 3 is 2.75 bits per heavy atom. The zero-order valence-electron chi connectivity index (χ0n) is 11.7. The van der Waals surface area contributed by atoms with E-state index in [-0.39, 0.29) is 0 Å². The number of rotatable bonds is 3. The average molecular weight is 313 g/mol. The quantitative estimate of drug-likeness (QED) is 0.904. The summed E-state index contributed by atoms with van der Waals surface area (Å²) in [5, 5.41) is 4.98. The number of likely N-dealkylation sites (tertiary alicyclic amines) is 1. The lowest BCUT2D eigenvalue weighted by Gasteiger charge is -2.39.